The van der Waals surface area contributed by atoms with E-state index in [4.69, 9.17) is 9.84 Å². The van der Waals surface area contributed by atoms with Crippen LogP contribution in [-0.4, -0.2) is 54.4 Å². The van der Waals surface area contributed by atoms with E-state index in [9.17, 15) is 9.59 Å². The Morgan fingerprint density at radius 1 is 1.32 bits per heavy atom. The van der Waals surface area contributed by atoms with Crippen LogP contribution in [0.2, 0.25) is 0 Å². The molecule has 0 fully saturated rings. The minimum absolute atomic E-state index is 0.0547. The topological polar surface area (TPSA) is 78.9 Å². The predicted octanol–water partition coefficient (Wildman–Crippen LogP) is 1.70. The maximum absolute atomic E-state index is 12.2. The number of carbonyl (C=O) groups excluding carboxylic acids is 1. The Balaban J connectivity index is 4.55. The summed E-state index contributed by atoms with van der Waals surface area (Å²) in [4.78, 5) is 24.6. The van der Waals surface area contributed by atoms with Crippen LogP contribution in [0.1, 0.15) is 40.0 Å². The zero-order valence-electron chi connectivity index (χ0n) is 12.3. The molecule has 0 aliphatic heterocycles. The molecule has 0 aliphatic carbocycles. The first-order chi connectivity index (χ1) is 8.96. The van der Waals surface area contributed by atoms with Gasteiger partial charge in [0.1, 0.15) is 0 Å². The van der Waals surface area contributed by atoms with E-state index in [0.29, 0.717) is 19.6 Å². The van der Waals surface area contributed by atoms with Gasteiger partial charge in [-0.2, -0.15) is 0 Å². The highest BCUT2D eigenvalue weighted by atomic mass is 16.5. The van der Waals surface area contributed by atoms with Crippen LogP contribution in [0.5, 0.6) is 0 Å². The molecule has 0 aromatic heterocycles. The second kappa shape index (κ2) is 9.61. The Hall–Kier alpha value is -1.30. The monoisotopic (exact) mass is 274 g/mol. The summed E-state index contributed by atoms with van der Waals surface area (Å²) < 4.78 is 5.00. The number of nitrogens with one attached hydrogen (secondary N) is 1. The lowest BCUT2D eigenvalue weighted by Crippen LogP contribution is -2.49. The van der Waals surface area contributed by atoms with Crippen molar-refractivity contribution in [3.8, 4) is 0 Å². The lowest BCUT2D eigenvalue weighted by Gasteiger charge is -2.30. The molecule has 0 rings (SSSR count). The molecule has 0 radical (unpaired) electrons. The van der Waals surface area contributed by atoms with Gasteiger partial charge in [0.15, 0.2) is 0 Å². The van der Waals surface area contributed by atoms with Gasteiger partial charge in [-0.05, 0) is 19.8 Å². The van der Waals surface area contributed by atoms with E-state index in [1.54, 1.807) is 12.0 Å². The first kappa shape index (κ1) is 17.7. The van der Waals surface area contributed by atoms with Crippen molar-refractivity contribution in [2.24, 2.45) is 0 Å². The van der Waals surface area contributed by atoms with Crippen LogP contribution >= 0.6 is 0 Å². The number of ether oxygens (including phenoxy) is 1. The molecule has 2 unspecified atom stereocenters. The number of carboxylic acids is 1. The maximum Gasteiger partial charge on any atom is 0.317 e. The molecule has 0 heterocycles. The Morgan fingerprint density at radius 3 is 2.37 bits per heavy atom. The van der Waals surface area contributed by atoms with Gasteiger partial charge >= 0.3 is 12.0 Å². The molecule has 112 valence electrons. The quantitative estimate of drug-likeness (QED) is 0.670. The Morgan fingerprint density at radius 2 is 1.95 bits per heavy atom. The second-order valence-electron chi connectivity index (χ2n) is 4.60. The molecule has 0 bridgehead atoms. The van der Waals surface area contributed by atoms with E-state index >= 15 is 0 Å². The molecule has 0 spiro atoms. The lowest BCUT2D eigenvalue weighted by molar-refractivity contribution is -0.137. The minimum Gasteiger partial charge on any atom is -0.481 e. The number of hydrogen-bond acceptors (Lipinski definition) is 3. The average Bonchev–Trinajstić information content (AvgIpc) is 2.37. The molecule has 0 aromatic carbocycles. The normalized spacial score (nSPS) is 13.7. The zero-order valence-corrected chi connectivity index (χ0v) is 12.3. The number of carbonyl (C=O) groups is 2. The molecule has 6 heteroatoms. The van der Waals surface area contributed by atoms with Crippen LogP contribution in [0.15, 0.2) is 0 Å². The molecule has 0 saturated heterocycles. The summed E-state index contributed by atoms with van der Waals surface area (Å²) in [5.41, 5.74) is 0. The molecule has 19 heavy (non-hydrogen) atoms. The summed E-state index contributed by atoms with van der Waals surface area (Å²) in [6.07, 6.45) is 1.38. The van der Waals surface area contributed by atoms with E-state index < -0.39 is 5.97 Å². The van der Waals surface area contributed by atoms with Gasteiger partial charge in [-0.25, -0.2) is 4.79 Å². The van der Waals surface area contributed by atoms with Gasteiger partial charge in [0.25, 0.3) is 0 Å². The van der Waals surface area contributed by atoms with Crippen molar-refractivity contribution in [2.75, 3.05) is 20.3 Å². The fourth-order valence-corrected chi connectivity index (χ4v) is 1.70. The van der Waals surface area contributed by atoms with Crippen LogP contribution < -0.4 is 5.32 Å². The number of nitrogens with zero attached hydrogens (tertiary/aromatic N) is 1. The molecule has 0 aromatic rings. The van der Waals surface area contributed by atoms with Gasteiger partial charge < -0.3 is 20.1 Å². The molecular weight excluding hydrogens is 248 g/mol. The highest BCUT2D eigenvalue weighted by Crippen LogP contribution is 2.06. The van der Waals surface area contributed by atoms with Gasteiger partial charge in [-0.15, -0.1) is 0 Å². The summed E-state index contributed by atoms with van der Waals surface area (Å²) in [7, 11) is 1.59. The fraction of sp³-hybridized carbons (Fsp3) is 0.846. The lowest BCUT2D eigenvalue weighted by atomic mass is 10.1. The van der Waals surface area contributed by atoms with E-state index in [1.807, 2.05) is 20.8 Å². The van der Waals surface area contributed by atoms with E-state index in [2.05, 4.69) is 5.32 Å². The first-order valence-corrected chi connectivity index (χ1v) is 6.74. The number of carboxylic acid groups (broad SMARTS) is 1. The summed E-state index contributed by atoms with van der Waals surface area (Å²) in [6, 6.07) is -0.462. The largest absolute Gasteiger partial charge is 0.481 e. The predicted molar refractivity (Wildman–Crippen MR) is 73.2 cm³/mol. The van der Waals surface area contributed by atoms with Gasteiger partial charge in [-0.1, -0.05) is 13.8 Å². The van der Waals surface area contributed by atoms with Crippen molar-refractivity contribution in [1.29, 1.82) is 0 Å². The molecule has 0 aliphatic rings. The van der Waals surface area contributed by atoms with Crippen molar-refractivity contribution >= 4 is 12.0 Å². The number of methoxy groups -OCH3 is 1. The van der Waals surface area contributed by atoms with Crippen LogP contribution in [0, 0.1) is 0 Å². The highest BCUT2D eigenvalue weighted by Gasteiger charge is 2.21. The molecule has 0 saturated carbocycles. The molecule has 2 N–H and O–H groups in total. The van der Waals surface area contributed by atoms with Crippen LogP contribution in [0.3, 0.4) is 0 Å². The summed E-state index contributed by atoms with van der Waals surface area (Å²) in [5, 5.41) is 11.6. The van der Waals surface area contributed by atoms with Gasteiger partial charge in [0.2, 0.25) is 0 Å². The zero-order chi connectivity index (χ0) is 14.8. The second-order valence-corrected chi connectivity index (χ2v) is 4.60. The molecular formula is C13H26N2O4. The van der Waals surface area contributed by atoms with E-state index in [-0.39, 0.29) is 24.5 Å². The van der Waals surface area contributed by atoms with Crippen molar-refractivity contribution in [1.82, 2.24) is 10.2 Å². The van der Waals surface area contributed by atoms with Crippen molar-refractivity contribution in [3.05, 3.63) is 0 Å². The van der Waals surface area contributed by atoms with Crippen molar-refractivity contribution < 1.29 is 19.4 Å². The third-order valence-corrected chi connectivity index (χ3v) is 3.16. The average molecular weight is 274 g/mol. The SMILES string of the molecule is CCC(CC(=O)O)NC(=O)N(CCOC)C(C)CC. The van der Waals surface area contributed by atoms with Gasteiger partial charge in [-0.3, -0.25) is 4.79 Å². The summed E-state index contributed by atoms with van der Waals surface area (Å²) in [5.74, 6) is -0.904. The highest BCUT2D eigenvalue weighted by molar-refractivity contribution is 5.76. The van der Waals surface area contributed by atoms with E-state index in [0.717, 1.165) is 6.42 Å². The van der Waals surface area contributed by atoms with Gasteiger partial charge in [0, 0.05) is 25.7 Å². The van der Waals surface area contributed by atoms with Gasteiger partial charge in [0.05, 0.1) is 13.0 Å². The van der Waals surface area contributed by atoms with Crippen LogP contribution in [-0.2, 0) is 9.53 Å². The van der Waals surface area contributed by atoms with Crippen molar-refractivity contribution in [2.45, 2.75) is 52.1 Å². The molecule has 2 atom stereocenters. The van der Waals surface area contributed by atoms with Crippen molar-refractivity contribution in [3.63, 3.8) is 0 Å². The Labute approximate surface area is 115 Å². The standard InChI is InChI=1S/C13H26N2O4/c1-5-10(3)15(7-8-19-4)13(18)14-11(6-2)9-12(16)17/h10-11H,5-9H2,1-4H3,(H,14,18)(H,16,17). The number of aliphatic carboxylic acids is 1. The molecule has 6 nitrogen and oxygen atoms in total. The summed E-state index contributed by atoms with van der Waals surface area (Å²) in [6.45, 7) is 6.80. The summed E-state index contributed by atoms with van der Waals surface area (Å²) >= 11 is 0. The maximum atomic E-state index is 12.2. The first-order valence-electron chi connectivity index (χ1n) is 6.74. The Kier molecular flexibility index (Phi) is 8.95. The fourth-order valence-electron chi connectivity index (χ4n) is 1.70. The number of hydrogen-bond donors (Lipinski definition) is 2. The molecule has 2 amide bonds. The third-order valence-electron chi connectivity index (χ3n) is 3.16. The number of rotatable bonds is 9. The Bertz CT molecular complexity index is 284. The van der Waals surface area contributed by atoms with E-state index in [1.165, 1.54) is 0 Å². The number of urea groups is 1. The van der Waals surface area contributed by atoms with Crippen LogP contribution in [0.4, 0.5) is 4.79 Å². The third kappa shape index (κ3) is 7.00. The minimum atomic E-state index is -0.904. The number of amides is 2. The van der Waals surface area contributed by atoms with Crippen LogP contribution in [0.25, 0.3) is 0 Å². The smallest absolute Gasteiger partial charge is 0.317 e.